The number of aliphatic hydroxyl groups excluding tert-OH is 1. The molecular formula is C13H18ClNO2. The zero-order valence-electron chi connectivity index (χ0n) is 9.90. The van der Waals surface area contributed by atoms with E-state index in [0.717, 1.165) is 18.4 Å². The number of halogens is 1. The third-order valence-corrected chi connectivity index (χ3v) is 3.87. The van der Waals surface area contributed by atoms with Crippen molar-refractivity contribution in [3.05, 3.63) is 28.8 Å². The normalized spacial score (nSPS) is 19.5. The van der Waals surface area contributed by atoms with Crippen LogP contribution in [0.25, 0.3) is 0 Å². The lowest BCUT2D eigenvalue weighted by Crippen LogP contribution is -2.36. The van der Waals surface area contributed by atoms with Crippen molar-refractivity contribution in [2.75, 3.05) is 7.11 Å². The number of nitrogens with two attached hydrogens (primary N) is 1. The second kappa shape index (κ2) is 5.25. The molecule has 0 bridgehead atoms. The maximum absolute atomic E-state index is 10.1. The molecule has 0 heterocycles. The van der Waals surface area contributed by atoms with E-state index in [1.807, 2.05) is 6.07 Å². The molecule has 0 aliphatic heterocycles. The summed E-state index contributed by atoms with van der Waals surface area (Å²) >= 11 is 5.95. The number of hydrogen-bond donors (Lipinski definition) is 2. The molecule has 1 aliphatic carbocycles. The Hall–Kier alpha value is -0.770. The fourth-order valence-corrected chi connectivity index (χ4v) is 2.35. The number of ether oxygens (including phenoxy) is 1. The van der Waals surface area contributed by atoms with Gasteiger partial charge in [0.15, 0.2) is 0 Å². The van der Waals surface area contributed by atoms with Crippen LogP contribution in [0.15, 0.2) is 18.2 Å². The van der Waals surface area contributed by atoms with Crippen molar-refractivity contribution in [3.8, 4) is 5.75 Å². The number of methoxy groups -OCH3 is 1. The largest absolute Gasteiger partial charge is 0.495 e. The van der Waals surface area contributed by atoms with Crippen molar-refractivity contribution >= 4 is 11.6 Å². The topological polar surface area (TPSA) is 55.5 Å². The Balaban J connectivity index is 2.15. The van der Waals surface area contributed by atoms with Crippen LogP contribution in [-0.4, -0.2) is 18.3 Å². The minimum Gasteiger partial charge on any atom is -0.495 e. The molecule has 1 fully saturated rings. The van der Waals surface area contributed by atoms with Crippen LogP contribution in [0.2, 0.25) is 5.02 Å². The van der Waals surface area contributed by atoms with E-state index in [2.05, 4.69) is 0 Å². The molecule has 17 heavy (non-hydrogen) atoms. The maximum atomic E-state index is 10.1. The fourth-order valence-electron chi connectivity index (χ4n) is 2.16. The molecule has 4 heteroatoms. The SMILES string of the molecule is COc1cc([C@@H](N)[C@@H](O)C2CCC2)ccc1Cl. The molecule has 0 radical (unpaired) electrons. The van der Waals surface area contributed by atoms with E-state index >= 15 is 0 Å². The first-order chi connectivity index (χ1) is 8.13. The highest BCUT2D eigenvalue weighted by molar-refractivity contribution is 6.32. The summed E-state index contributed by atoms with van der Waals surface area (Å²) in [4.78, 5) is 0. The van der Waals surface area contributed by atoms with Crippen molar-refractivity contribution in [1.82, 2.24) is 0 Å². The van der Waals surface area contributed by atoms with E-state index in [9.17, 15) is 5.11 Å². The van der Waals surface area contributed by atoms with Gasteiger partial charge >= 0.3 is 0 Å². The summed E-state index contributed by atoms with van der Waals surface area (Å²) in [6, 6.07) is 5.03. The van der Waals surface area contributed by atoms with E-state index < -0.39 is 6.10 Å². The van der Waals surface area contributed by atoms with E-state index in [-0.39, 0.29) is 6.04 Å². The summed E-state index contributed by atoms with van der Waals surface area (Å²) in [7, 11) is 1.57. The lowest BCUT2D eigenvalue weighted by molar-refractivity contribution is 0.0413. The molecule has 0 aromatic heterocycles. The number of hydrogen-bond acceptors (Lipinski definition) is 3. The first kappa shape index (κ1) is 12.7. The van der Waals surface area contributed by atoms with Gasteiger partial charge in [0.25, 0.3) is 0 Å². The van der Waals surface area contributed by atoms with E-state index in [0.29, 0.717) is 16.7 Å². The summed E-state index contributed by atoms with van der Waals surface area (Å²) in [5.74, 6) is 0.937. The van der Waals surface area contributed by atoms with Gasteiger partial charge in [0.05, 0.1) is 24.3 Å². The molecule has 2 rings (SSSR count). The smallest absolute Gasteiger partial charge is 0.137 e. The Morgan fingerprint density at radius 2 is 2.18 bits per heavy atom. The lowest BCUT2D eigenvalue weighted by atomic mass is 9.77. The zero-order chi connectivity index (χ0) is 12.4. The molecule has 1 aromatic rings. The van der Waals surface area contributed by atoms with Crippen LogP contribution in [0.4, 0.5) is 0 Å². The first-order valence-electron chi connectivity index (χ1n) is 5.90. The second-order valence-electron chi connectivity index (χ2n) is 4.60. The van der Waals surface area contributed by atoms with Gasteiger partial charge in [-0.05, 0) is 36.5 Å². The molecule has 0 saturated heterocycles. The van der Waals surface area contributed by atoms with Crippen LogP contribution in [-0.2, 0) is 0 Å². The summed E-state index contributed by atoms with van der Waals surface area (Å²) in [6.07, 6.45) is 2.85. The third kappa shape index (κ3) is 2.57. The van der Waals surface area contributed by atoms with Crippen LogP contribution in [0.3, 0.4) is 0 Å². The maximum Gasteiger partial charge on any atom is 0.137 e. The van der Waals surface area contributed by atoms with Crippen molar-refractivity contribution < 1.29 is 9.84 Å². The molecule has 1 aliphatic rings. The number of benzene rings is 1. The van der Waals surface area contributed by atoms with E-state index in [4.69, 9.17) is 22.1 Å². The summed E-state index contributed by atoms with van der Waals surface area (Å²) in [5, 5.41) is 10.7. The number of rotatable bonds is 4. The van der Waals surface area contributed by atoms with Gasteiger partial charge in [-0.2, -0.15) is 0 Å². The molecular weight excluding hydrogens is 238 g/mol. The average Bonchev–Trinajstić information content (AvgIpc) is 2.26. The average molecular weight is 256 g/mol. The Morgan fingerprint density at radius 1 is 1.47 bits per heavy atom. The second-order valence-corrected chi connectivity index (χ2v) is 5.01. The van der Waals surface area contributed by atoms with Gasteiger partial charge in [-0.25, -0.2) is 0 Å². The lowest BCUT2D eigenvalue weighted by Gasteiger charge is -2.33. The Morgan fingerprint density at radius 3 is 2.71 bits per heavy atom. The van der Waals surface area contributed by atoms with Crippen molar-refractivity contribution in [3.63, 3.8) is 0 Å². The Kier molecular flexibility index (Phi) is 3.92. The molecule has 2 atom stereocenters. The molecule has 1 aromatic carbocycles. The molecule has 3 N–H and O–H groups in total. The zero-order valence-corrected chi connectivity index (χ0v) is 10.7. The summed E-state index contributed by atoms with van der Waals surface area (Å²) in [6.45, 7) is 0. The predicted octanol–water partition coefficient (Wildman–Crippen LogP) is 2.51. The van der Waals surface area contributed by atoms with Crippen LogP contribution in [0.5, 0.6) is 5.75 Å². The monoisotopic (exact) mass is 255 g/mol. The van der Waals surface area contributed by atoms with Gasteiger partial charge in [0, 0.05) is 0 Å². The van der Waals surface area contributed by atoms with Crippen LogP contribution in [0.1, 0.15) is 30.9 Å². The third-order valence-electron chi connectivity index (χ3n) is 3.56. The van der Waals surface area contributed by atoms with Crippen molar-refractivity contribution in [1.29, 1.82) is 0 Å². The standard InChI is InChI=1S/C13H18ClNO2/c1-17-11-7-9(5-6-10(11)14)12(15)13(16)8-3-2-4-8/h5-8,12-13,16H,2-4,15H2,1H3/t12-,13+/m1/s1. The molecule has 0 amide bonds. The van der Waals surface area contributed by atoms with Gasteiger partial charge in [0.2, 0.25) is 0 Å². The first-order valence-corrected chi connectivity index (χ1v) is 6.28. The summed E-state index contributed by atoms with van der Waals surface area (Å²) in [5.41, 5.74) is 6.94. The molecule has 0 unspecified atom stereocenters. The van der Waals surface area contributed by atoms with Gasteiger partial charge in [-0.15, -0.1) is 0 Å². The highest BCUT2D eigenvalue weighted by Gasteiger charge is 2.30. The van der Waals surface area contributed by atoms with Gasteiger partial charge in [-0.1, -0.05) is 24.1 Å². The summed E-state index contributed by atoms with van der Waals surface area (Å²) < 4.78 is 5.15. The molecule has 94 valence electrons. The predicted molar refractivity (Wildman–Crippen MR) is 68.3 cm³/mol. The van der Waals surface area contributed by atoms with Gasteiger partial charge in [0.1, 0.15) is 5.75 Å². The van der Waals surface area contributed by atoms with Gasteiger partial charge in [-0.3, -0.25) is 0 Å². The van der Waals surface area contributed by atoms with E-state index in [1.54, 1.807) is 19.2 Å². The van der Waals surface area contributed by atoms with Gasteiger partial charge < -0.3 is 15.6 Å². The van der Waals surface area contributed by atoms with Crippen LogP contribution < -0.4 is 10.5 Å². The quantitative estimate of drug-likeness (QED) is 0.869. The van der Waals surface area contributed by atoms with E-state index in [1.165, 1.54) is 6.42 Å². The number of aliphatic hydroxyl groups is 1. The highest BCUT2D eigenvalue weighted by atomic mass is 35.5. The van der Waals surface area contributed by atoms with Crippen LogP contribution in [0, 0.1) is 5.92 Å². The molecule has 3 nitrogen and oxygen atoms in total. The Labute approximate surface area is 107 Å². The van der Waals surface area contributed by atoms with Crippen molar-refractivity contribution in [2.24, 2.45) is 11.7 Å². The highest BCUT2D eigenvalue weighted by Crippen LogP contribution is 2.35. The van der Waals surface area contributed by atoms with Crippen LogP contribution >= 0.6 is 11.6 Å². The Bertz CT molecular complexity index is 393. The minimum atomic E-state index is -0.477. The minimum absolute atomic E-state index is 0.340. The molecule has 1 saturated carbocycles. The van der Waals surface area contributed by atoms with Crippen molar-refractivity contribution in [2.45, 2.75) is 31.4 Å². The fraction of sp³-hybridized carbons (Fsp3) is 0.538. The molecule has 0 spiro atoms.